The maximum Gasteiger partial charge on any atom is 0.305 e. The van der Waals surface area contributed by atoms with Crippen LogP contribution in [0.1, 0.15) is 13.3 Å². The lowest BCUT2D eigenvalue weighted by molar-refractivity contribution is -0.140. The van der Waals surface area contributed by atoms with E-state index in [0.29, 0.717) is 26.4 Å². The summed E-state index contributed by atoms with van der Waals surface area (Å²) in [7, 11) is 0. The van der Waals surface area contributed by atoms with Gasteiger partial charge in [-0.2, -0.15) is 0 Å². The number of rotatable bonds is 6. The van der Waals surface area contributed by atoms with E-state index in [9.17, 15) is 4.79 Å². The topological polar surface area (TPSA) is 59.0 Å². The van der Waals surface area contributed by atoms with Gasteiger partial charge in [0.05, 0.1) is 26.2 Å². The van der Waals surface area contributed by atoms with Crippen molar-refractivity contribution in [1.82, 2.24) is 4.90 Å². The first kappa shape index (κ1) is 12.4. The molecule has 1 rings (SSSR count). The molecule has 15 heavy (non-hydrogen) atoms. The molecule has 0 radical (unpaired) electrons. The molecule has 1 heterocycles. The summed E-state index contributed by atoms with van der Waals surface area (Å²) in [5.41, 5.74) is 0. The maximum atomic E-state index is 10.6. The van der Waals surface area contributed by atoms with E-state index in [1.54, 1.807) is 0 Å². The molecule has 0 aromatic rings. The van der Waals surface area contributed by atoms with Crippen LogP contribution in [0.15, 0.2) is 0 Å². The second-order valence-electron chi connectivity index (χ2n) is 3.56. The number of nitrogens with zero attached hydrogens (tertiary/aromatic N) is 1. The molecule has 0 saturated carbocycles. The highest BCUT2D eigenvalue weighted by Crippen LogP contribution is 2.10. The first-order chi connectivity index (χ1) is 7.24. The summed E-state index contributed by atoms with van der Waals surface area (Å²) in [4.78, 5) is 12.8. The van der Waals surface area contributed by atoms with E-state index in [1.807, 2.05) is 6.92 Å². The van der Waals surface area contributed by atoms with E-state index in [0.717, 1.165) is 13.1 Å². The number of carboxylic acids is 1. The van der Waals surface area contributed by atoms with Crippen LogP contribution >= 0.6 is 0 Å². The summed E-state index contributed by atoms with van der Waals surface area (Å²) < 4.78 is 10.5. The first-order valence-electron chi connectivity index (χ1n) is 5.35. The van der Waals surface area contributed by atoms with Gasteiger partial charge in [0, 0.05) is 25.7 Å². The Hall–Kier alpha value is -0.650. The zero-order chi connectivity index (χ0) is 11.1. The van der Waals surface area contributed by atoms with Crippen molar-refractivity contribution in [1.29, 1.82) is 0 Å². The second kappa shape index (κ2) is 6.76. The average Bonchev–Trinajstić information content (AvgIpc) is 2.20. The molecule has 0 bridgehead atoms. The Bertz CT molecular complexity index is 198. The zero-order valence-electron chi connectivity index (χ0n) is 9.15. The fourth-order valence-corrected chi connectivity index (χ4v) is 1.70. The molecule has 0 spiro atoms. The van der Waals surface area contributed by atoms with Crippen LogP contribution in [0.3, 0.4) is 0 Å². The zero-order valence-corrected chi connectivity index (χ0v) is 9.15. The van der Waals surface area contributed by atoms with Gasteiger partial charge in [0.25, 0.3) is 0 Å². The molecule has 1 fully saturated rings. The standard InChI is InChI=1S/C10H19NO4/c1-2-14-5-3-11-4-6-15-8-9(11)7-10(12)13/h9H,2-8H2,1H3,(H,12,13). The van der Waals surface area contributed by atoms with E-state index in [-0.39, 0.29) is 12.5 Å². The minimum atomic E-state index is -0.771. The molecule has 0 aliphatic carbocycles. The van der Waals surface area contributed by atoms with Gasteiger partial charge in [-0.3, -0.25) is 9.69 Å². The van der Waals surface area contributed by atoms with Crippen LogP contribution in [0.4, 0.5) is 0 Å². The minimum absolute atomic E-state index is 0.00305. The molecule has 0 amide bonds. The van der Waals surface area contributed by atoms with Crippen molar-refractivity contribution in [3.8, 4) is 0 Å². The Morgan fingerprint density at radius 1 is 1.67 bits per heavy atom. The van der Waals surface area contributed by atoms with Gasteiger partial charge in [0.1, 0.15) is 0 Å². The highest BCUT2D eigenvalue weighted by Gasteiger charge is 2.24. The predicted octanol–water partition coefficient (Wildman–Crippen LogP) is 0.198. The van der Waals surface area contributed by atoms with Crippen LogP contribution in [0.2, 0.25) is 0 Å². The Morgan fingerprint density at radius 2 is 2.47 bits per heavy atom. The number of hydrogen-bond acceptors (Lipinski definition) is 4. The molecule has 1 N–H and O–H groups in total. The largest absolute Gasteiger partial charge is 0.481 e. The number of morpholine rings is 1. The molecule has 1 unspecified atom stereocenters. The van der Waals surface area contributed by atoms with E-state index in [4.69, 9.17) is 14.6 Å². The quantitative estimate of drug-likeness (QED) is 0.644. The molecular formula is C10H19NO4. The summed E-state index contributed by atoms with van der Waals surface area (Å²) >= 11 is 0. The summed E-state index contributed by atoms with van der Waals surface area (Å²) in [6, 6.07) is -0.00305. The molecule has 1 aliphatic heterocycles. The maximum absolute atomic E-state index is 10.6. The average molecular weight is 217 g/mol. The van der Waals surface area contributed by atoms with Gasteiger partial charge < -0.3 is 14.6 Å². The Balaban J connectivity index is 2.32. The molecule has 1 atom stereocenters. The van der Waals surface area contributed by atoms with Gasteiger partial charge in [-0.25, -0.2) is 0 Å². The fourth-order valence-electron chi connectivity index (χ4n) is 1.70. The van der Waals surface area contributed by atoms with Crippen molar-refractivity contribution < 1.29 is 19.4 Å². The molecule has 5 nitrogen and oxygen atoms in total. The molecule has 5 heteroatoms. The van der Waals surface area contributed by atoms with Gasteiger partial charge >= 0.3 is 5.97 Å². The molecular weight excluding hydrogens is 198 g/mol. The van der Waals surface area contributed by atoms with Gasteiger partial charge in [0.2, 0.25) is 0 Å². The van der Waals surface area contributed by atoms with Crippen molar-refractivity contribution in [3.63, 3.8) is 0 Å². The smallest absolute Gasteiger partial charge is 0.305 e. The van der Waals surface area contributed by atoms with Crippen LogP contribution in [-0.2, 0) is 14.3 Å². The van der Waals surface area contributed by atoms with E-state index < -0.39 is 5.97 Å². The molecule has 1 saturated heterocycles. The lowest BCUT2D eigenvalue weighted by Gasteiger charge is -2.34. The number of aliphatic carboxylic acids is 1. The van der Waals surface area contributed by atoms with Gasteiger partial charge in [-0.05, 0) is 6.92 Å². The van der Waals surface area contributed by atoms with Crippen LogP contribution in [0.25, 0.3) is 0 Å². The van der Waals surface area contributed by atoms with Crippen molar-refractivity contribution in [2.75, 3.05) is 39.5 Å². The van der Waals surface area contributed by atoms with Crippen LogP contribution in [0, 0.1) is 0 Å². The monoisotopic (exact) mass is 217 g/mol. The molecule has 0 aromatic heterocycles. The van der Waals surface area contributed by atoms with Crippen molar-refractivity contribution >= 4 is 5.97 Å². The van der Waals surface area contributed by atoms with Crippen LogP contribution < -0.4 is 0 Å². The number of hydrogen-bond donors (Lipinski definition) is 1. The third-order valence-electron chi connectivity index (χ3n) is 2.49. The highest BCUT2D eigenvalue weighted by molar-refractivity contribution is 5.67. The van der Waals surface area contributed by atoms with Gasteiger partial charge in [-0.1, -0.05) is 0 Å². The molecule has 88 valence electrons. The number of ether oxygens (including phenoxy) is 2. The third kappa shape index (κ3) is 4.59. The summed E-state index contributed by atoms with van der Waals surface area (Å²) in [5.74, 6) is -0.771. The fraction of sp³-hybridized carbons (Fsp3) is 0.900. The van der Waals surface area contributed by atoms with E-state index in [1.165, 1.54) is 0 Å². The second-order valence-corrected chi connectivity index (χ2v) is 3.56. The lowest BCUT2D eigenvalue weighted by Crippen LogP contribution is -2.47. The summed E-state index contributed by atoms with van der Waals surface area (Å²) in [6.45, 7) is 6.09. The van der Waals surface area contributed by atoms with Crippen LogP contribution in [0.5, 0.6) is 0 Å². The minimum Gasteiger partial charge on any atom is -0.481 e. The van der Waals surface area contributed by atoms with Crippen molar-refractivity contribution in [2.24, 2.45) is 0 Å². The third-order valence-corrected chi connectivity index (χ3v) is 2.49. The first-order valence-corrected chi connectivity index (χ1v) is 5.35. The number of carboxylic acid groups (broad SMARTS) is 1. The summed E-state index contributed by atoms with van der Waals surface area (Å²) in [6.07, 6.45) is 0.145. The summed E-state index contributed by atoms with van der Waals surface area (Å²) in [5, 5.41) is 8.74. The van der Waals surface area contributed by atoms with Crippen molar-refractivity contribution in [2.45, 2.75) is 19.4 Å². The highest BCUT2D eigenvalue weighted by atomic mass is 16.5. The SMILES string of the molecule is CCOCCN1CCOCC1CC(=O)O. The van der Waals surface area contributed by atoms with E-state index >= 15 is 0 Å². The normalized spacial score (nSPS) is 22.9. The molecule has 0 aromatic carbocycles. The van der Waals surface area contributed by atoms with Gasteiger partial charge in [-0.15, -0.1) is 0 Å². The predicted molar refractivity (Wildman–Crippen MR) is 54.9 cm³/mol. The van der Waals surface area contributed by atoms with Gasteiger partial charge in [0.15, 0.2) is 0 Å². The van der Waals surface area contributed by atoms with E-state index in [2.05, 4.69) is 4.90 Å². The van der Waals surface area contributed by atoms with Crippen LogP contribution in [-0.4, -0.2) is 61.5 Å². The number of carbonyl (C=O) groups is 1. The Kier molecular flexibility index (Phi) is 5.60. The molecule has 1 aliphatic rings. The lowest BCUT2D eigenvalue weighted by atomic mass is 10.1. The van der Waals surface area contributed by atoms with Crippen molar-refractivity contribution in [3.05, 3.63) is 0 Å². The Morgan fingerprint density at radius 3 is 3.13 bits per heavy atom. The Labute approximate surface area is 90.0 Å².